The number of ether oxygens (including phenoxy) is 2. The summed E-state index contributed by atoms with van der Waals surface area (Å²) in [5.74, 6) is 1.39. The van der Waals surface area contributed by atoms with Crippen molar-refractivity contribution >= 4 is 0 Å². The largest absolute Gasteiger partial charge is 0.493 e. The molecule has 0 saturated carbocycles. The van der Waals surface area contributed by atoms with Crippen molar-refractivity contribution in [1.82, 2.24) is 0 Å². The number of hydrogen-bond acceptors (Lipinski definition) is 2. The van der Waals surface area contributed by atoms with Crippen molar-refractivity contribution in [2.24, 2.45) is 0 Å². The molecule has 0 spiro atoms. The van der Waals surface area contributed by atoms with Crippen molar-refractivity contribution in [3.8, 4) is 11.5 Å². The molecule has 0 heterocycles. The molecule has 1 aromatic carbocycles. The second-order valence-electron chi connectivity index (χ2n) is 2.19. The van der Waals surface area contributed by atoms with E-state index in [1.165, 1.54) is 0 Å². The first-order valence-electron chi connectivity index (χ1n) is 4.02. The molecule has 0 fully saturated rings. The Labute approximate surface area is 68.2 Å². The van der Waals surface area contributed by atoms with Crippen molar-refractivity contribution in [2.45, 2.75) is 6.90 Å². The molecule has 1 aromatic rings. The Morgan fingerprint density at radius 3 is 2.45 bits per heavy atom. The minimum absolute atomic E-state index is 0.264. The lowest BCUT2D eigenvalue weighted by Gasteiger charge is -2.06. The summed E-state index contributed by atoms with van der Waals surface area (Å²) < 4.78 is 17.3. The van der Waals surface area contributed by atoms with E-state index >= 15 is 0 Å². The zero-order valence-electron chi connectivity index (χ0n) is 7.76. The SMILES string of the molecule is [2H]Cc1ccc(OC)c(OC)c1. The minimum Gasteiger partial charge on any atom is -0.493 e. The van der Waals surface area contributed by atoms with Crippen LogP contribution in [0.5, 0.6) is 11.5 Å². The highest BCUT2D eigenvalue weighted by Gasteiger charge is 2.00. The van der Waals surface area contributed by atoms with Gasteiger partial charge in [-0.1, -0.05) is 6.07 Å². The van der Waals surface area contributed by atoms with Crippen LogP contribution in [-0.4, -0.2) is 14.2 Å². The van der Waals surface area contributed by atoms with Crippen molar-refractivity contribution in [3.63, 3.8) is 0 Å². The van der Waals surface area contributed by atoms with E-state index in [0.29, 0.717) is 11.5 Å². The summed E-state index contributed by atoms with van der Waals surface area (Å²) in [6, 6.07) is 5.48. The van der Waals surface area contributed by atoms with Crippen LogP contribution in [0.25, 0.3) is 0 Å². The van der Waals surface area contributed by atoms with Gasteiger partial charge in [0.2, 0.25) is 0 Å². The van der Waals surface area contributed by atoms with Crippen LogP contribution < -0.4 is 9.47 Å². The fourth-order valence-electron chi connectivity index (χ4n) is 0.881. The van der Waals surface area contributed by atoms with Gasteiger partial charge >= 0.3 is 0 Å². The van der Waals surface area contributed by atoms with Gasteiger partial charge in [-0.15, -0.1) is 0 Å². The molecule has 0 aliphatic heterocycles. The highest BCUT2D eigenvalue weighted by Crippen LogP contribution is 2.26. The molecule has 0 aromatic heterocycles. The monoisotopic (exact) mass is 153 g/mol. The molecule has 2 nitrogen and oxygen atoms in total. The topological polar surface area (TPSA) is 18.5 Å². The molecule has 0 aliphatic rings. The van der Waals surface area contributed by atoms with E-state index in [4.69, 9.17) is 10.8 Å². The van der Waals surface area contributed by atoms with Crippen LogP contribution in [0, 0.1) is 6.90 Å². The van der Waals surface area contributed by atoms with E-state index in [-0.39, 0.29) is 6.90 Å². The third-order valence-electron chi connectivity index (χ3n) is 1.45. The minimum atomic E-state index is 0.264. The molecule has 0 N–H and O–H groups in total. The fraction of sp³-hybridized carbons (Fsp3) is 0.333. The summed E-state index contributed by atoms with van der Waals surface area (Å²) in [6.45, 7) is 0.264. The van der Waals surface area contributed by atoms with E-state index in [2.05, 4.69) is 0 Å². The summed E-state index contributed by atoms with van der Waals surface area (Å²) in [5.41, 5.74) is 0.924. The van der Waals surface area contributed by atoms with Crippen molar-refractivity contribution < 1.29 is 10.8 Å². The molecular weight excluding hydrogens is 140 g/mol. The number of aryl methyl sites for hydroxylation is 1. The van der Waals surface area contributed by atoms with Gasteiger partial charge < -0.3 is 9.47 Å². The lowest BCUT2D eigenvalue weighted by atomic mass is 10.2. The smallest absolute Gasteiger partial charge is 0.160 e. The molecule has 11 heavy (non-hydrogen) atoms. The highest BCUT2D eigenvalue weighted by atomic mass is 16.5. The average Bonchev–Trinajstić information content (AvgIpc) is 2.16. The molecule has 2 heteroatoms. The Morgan fingerprint density at radius 2 is 1.91 bits per heavy atom. The molecule has 0 amide bonds. The maximum atomic E-state index is 7.15. The first-order valence-corrected chi connectivity index (χ1v) is 3.32. The van der Waals surface area contributed by atoms with Gasteiger partial charge in [0.05, 0.1) is 14.2 Å². The Bertz CT molecular complexity index is 261. The molecule has 1 rings (SSSR count). The van der Waals surface area contributed by atoms with Gasteiger partial charge in [-0.05, 0) is 24.6 Å². The molecule has 0 saturated heterocycles. The zero-order chi connectivity index (χ0) is 8.97. The number of benzene rings is 1. The van der Waals surface area contributed by atoms with Crippen LogP contribution in [0.3, 0.4) is 0 Å². The van der Waals surface area contributed by atoms with Gasteiger partial charge in [0.15, 0.2) is 11.5 Å². The quantitative estimate of drug-likeness (QED) is 0.647. The Balaban J connectivity index is 3.02. The maximum Gasteiger partial charge on any atom is 0.160 e. The summed E-state index contributed by atoms with van der Waals surface area (Å²) in [4.78, 5) is 0. The zero-order valence-corrected chi connectivity index (χ0v) is 6.76. The predicted octanol–water partition coefficient (Wildman–Crippen LogP) is 2.01. The lowest BCUT2D eigenvalue weighted by molar-refractivity contribution is 0.354. The number of methoxy groups -OCH3 is 2. The Hall–Kier alpha value is -1.18. The second-order valence-corrected chi connectivity index (χ2v) is 2.19. The molecule has 60 valence electrons. The van der Waals surface area contributed by atoms with Crippen molar-refractivity contribution in [2.75, 3.05) is 14.2 Å². The van der Waals surface area contributed by atoms with Crippen LogP contribution in [0.4, 0.5) is 0 Å². The van der Waals surface area contributed by atoms with Crippen LogP contribution in [0.1, 0.15) is 6.93 Å². The number of hydrogen-bond donors (Lipinski definition) is 0. The van der Waals surface area contributed by atoms with Gasteiger partial charge in [0.25, 0.3) is 0 Å². The van der Waals surface area contributed by atoms with Gasteiger partial charge in [-0.3, -0.25) is 0 Å². The molecule has 0 aliphatic carbocycles. The third kappa shape index (κ3) is 1.64. The van der Waals surface area contributed by atoms with Crippen LogP contribution in [0.2, 0.25) is 0 Å². The Kier molecular flexibility index (Phi) is 1.95. The normalized spacial score (nSPS) is 10.5. The van der Waals surface area contributed by atoms with Gasteiger partial charge in [0.1, 0.15) is 0 Å². The van der Waals surface area contributed by atoms with E-state index in [9.17, 15) is 0 Å². The lowest BCUT2D eigenvalue weighted by Crippen LogP contribution is -1.90. The van der Waals surface area contributed by atoms with E-state index in [1.54, 1.807) is 14.2 Å². The molecule has 0 bridgehead atoms. The van der Waals surface area contributed by atoms with Gasteiger partial charge in [-0.2, -0.15) is 0 Å². The van der Waals surface area contributed by atoms with Gasteiger partial charge in [0, 0.05) is 1.37 Å². The van der Waals surface area contributed by atoms with Crippen LogP contribution in [0.15, 0.2) is 18.2 Å². The molecule has 0 unspecified atom stereocenters. The van der Waals surface area contributed by atoms with Crippen LogP contribution in [-0.2, 0) is 0 Å². The van der Waals surface area contributed by atoms with Crippen molar-refractivity contribution in [1.29, 1.82) is 0 Å². The highest BCUT2D eigenvalue weighted by molar-refractivity contribution is 5.42. The summed E-state index contributed by atoms with van der Waals surface area (Å²) >= 11 is 0. The van der Waals surface area contributed by atoms with E-state index < -0.39 is 0 Å². The van der Waals surface area contributed by atoms with E-state index in [0.717, 1.165) is 5.56 Å². The molecule has 0 atom stereocenters. The van der Waals surface area contributed by atoms with Gasteiger partial charge in [-0.25, -0.2) is 0 Å². The first-order chi connectivity index (χ1) is 5.81. The maximum absolute atomic E-state index is 7.15. The second kappa shape index (κ2) is 3.28. The Morgan fingerprint density at radius 1 is 1.18 bits per heavy atom. The molecule has 0 radical (unpaired) electrons. The van der Waals surface area contributed by atoms with Crippen molar-refractivity contribution in [3.05, 3.63) is 23.8 Å². The number of rotatable bonds is 2. The standard InChI is InChI=1S/C9H12O2/c1-7-4-5-8(10-2)9(6-7)11-3/h4-6H,1-3H3/i1D. The average molecular weight is 153 g/mol. The predicted molar refractivity (Wildman–Crippen MR) is 44.3 cm³/mol. The summed E-state index contributed by atoms with van der Waals surface area (Å²) in [6.07, 6.45) is 0. The molecular formula is C9H12O2. The summed E-state index contributed by atoms with van der Waals surface area (Å²) in [5, 5.41) is 0. The first kappa shape index (κ1) is 6.53. The van der Waals surface area contributed by atoms with E-state index in [1.807, 2.05) is 18.2 Å². The van der Waals surface area contributed by atoms with Crippen LogP contribution >= 0.6 is 0 Å². The fourth-order valence-corrected chi connectivity index (χ4v) is 0.881. The third-order valence-corrected chi connectivity index (χ3v) is 1.45. The summed E-state index contributed by atoms with van der Waals surface area (Å²) in [7, 11) is 3.18.